The third-order valence-electron chi connectivity index (χ3n) is 2.40. The normalized spacial score (nSPS) is 11.3. The van der Waals surface area contributed by atoms with E-state index in [9.17, 15) is 12.8 Å². The Morgan fingerprint density at radius 2 is 1.89 bits per heavy atom. The van der Waals surface area contributed by atoms with E-state index in [1.165, 1.54) is 25.6 Å². The summed E-state index contributed by atoms with van der Waals surface area (Å²) in [6.45, 7) is 1.48. The first-order valence-electron chi connectivity index (χ1n) is 5.23. The van der Waals surface area contributed by atoms with Crippen LogP contribution in [0.2, 0.25) is 0 Å². The molecule has 0 radical (unpaired) electrons. The molecule has 1 aromatic heterocycles. The quantitative estimate of drug-likeness (QED) is 0.827. The molecule has 0 spiro atoms. The van der Waals surface area contributed by atoms with Gasteiger partial charge in [-0.2, -0.15) is 0 Å². The van der Waals surface area contributed by atoms with Crippen LogP contribution in [0.25, 0.3) is 0 Å². The van der Waals surface area contributed by atoms with Crippen molar-refractivity contribution in [3.8, 4) is 0 Å². The third kappa shape index (κ3) is 2.79. The Morgan fingerprint density at radius 1 is 1.26 bits per heavy atom. The van der Waals surface area contributed by atoms with Crippen LogP contribution in [0.15, 0.2) is 35.7 Å². The fraction of sp³-hybridized carbons (Fsp3) is 0.0909. The van der Waals surface area contributed by atoms with Crippen LogP contribution in [-0.2, 0) is 10.0 Å². The number of aryl methyl sites for hydroxylation is 1. The monoisotopic (exact) mass is 282 g/mol. The summed E-state index contributed by atoms with van der Waals surface area (Å²) in [7, 11) is -3.86. The van der Waals surface area contributed by atoms with Crippen LogP contribution in [0.3, 0.4) is 0 Å². The molecule has 0 fully saturated rings. The molecule has 19 heavy (non-hydrogen) atoms. The number of nitrogens with two attached hydrogens (primary N) is 1. The van der Waals surface area contributed by atoms with Gasteiger partial charge < -0.3 is 5.73 Å². The van der Waals surface area contributed by atoms with E-state index in [0.717, 1.165) is 12.1 Å². The lowest BCUT2D eigenvalue weighted by atomic mass is 10.2. The molecule has 0 aliphatic heterocycles. The molecule has 2 rings (SSSR count). The van der Waals surface area contributed by atoms with Crippen LogP contribution in [0, 0.1) is 12.7 Å². The number of sulfonamides is 1. The van der Waals surface area contributed by atoms with Crippen LogP contribution < -0.4 is 10.5 Å². The van der Waals surface area contributed by atoms with Crippen molar-refractivity contribution < 1.29 is 12.8 Å². The lowest BCUT2D eigenvalue weighted by molar-refractivity contribution is 0.599. The molecule has 0 saturated carbocycles. The lowest BCUT2D eigenvalue weighted by Gasteiger charge is -2.10. The van der Waals surface area contributed by atoms with E-state index < -0.39 is 15.8 Å². The summed E-state index contributed by atoms with van der Waals surface area (Å²) in [6, 6.07) is 2.15. The van der Waals surface area contributed by atoms with Crippen molar-refractivity contribution in [1.82, 2.24) is 9.97 Å². The van der Waals surface area contributed by atoms with Crippen molar-refractivity contribution in [3.63, 3.8) is 0 Å². The molecular formula is C11H11FN4O2S. The molecule has 3 N–H and O–H groups in total. The van der Waals surface area contributed by atoms with Gasteiger partial charge in [-0.05, 0) is 24.6 Å². The predicted octanol–water partition coefficient (Wildman–Crippen LogP) is 1.31. The van der Waals surface area contributed by atoms with Gasteiger partial charge in [-0.25, -0.2) is 22.8 Å². The number of halogens is 1. The number of aromatic nitrogens is 2. The molecule has 0 unspecified atom stereocenters. The number of nitrogen functional groups attached to an aromatic ring is 1. The van der Waals surface area contributed by atoms with Gasteiger partial charge in [0.1, 0.15) is 12.1 Å². The Kier molecular flexibility index (Phi) is 3.34. The van der Waals surface area contributed by atoms with Crippen LogP contribution in [0.1, 0.15) is 5.56 Å². The highest BCUT2D eigenvalue weighted by Crippen LogP contribution is 2.23. The first-order chi connectivity index (χ1) is 8.90. The maximum absolute atomic E-state index is 13.2. The molecule has 0 saturated heterocycles. The van der Waals surface area contributed by atoms with Crippen molar-refractivity contribution in [2.75, 3.05) is 10.5 Å². The zero-order valence-corrected chi connectivity index (χ0v) is 10.8. The van der Waals surface area contributed by atoms with E-state index in [4.69, 9.17) is 5.73 Å². The van der Waals surface area contributed by atoms with E-state index in [0.29, 0.717) is 0 Å². The Bertz CT molecular complexity index is 704. The lowest BCUT2D eigenvalue weighted by Crippen LogP contribution is -2.15. The van der Waals surface area contributed by atoms with Gasteiger partial charge in [0, 0.05) is 0 Å². The van der Waals surface area contributed by atoms with Crippen molar-refractivity contribution in [3.05, 3.63) is 42.2 Å². The Hall–Kier alpha value is -2.22. The fourth-order valence-electron chi connectivity index (χ4n) is 1.52. The van der Waals surface area contributed by atoms with Gasteiger partial charge >= 0.3 is 0 Å². The van der Waals surface area contributed by atoms with Crippen LogP contribution >= 0.6 is 0 Å². The molecule has 6 nitrogen and oxygen atoms in total. The molecule has 1 aromatic carbocycles. The Labute approximate surface area is 109 Å². The van der Waals surface area contributed by atoms with E-state index in [1.807, 2.05) is 0 Å². The van der Waals surface area contributed by atoms with Crippen LogP contribution in [-0.4, -0.2) is 18.4 Å². The van der Waals surface area contributed by atoms with Gasteiger partial charge in [0.05, 0.1) is 28.7 Å². The average molecular weight is 282 g/mol. The average Bonchev–Trinajstić information content (AvgIpc) is 2.34. The smallest absolute Gasteiger partial charge is 0.262 e. The van der Waals surface area contributed by atoms with Gasteiger partial charge in [0.2, 0.25) is 0 Å². The van der Waals surface area contributed by atoms with Crippen molar-refractivity contribution >= 4 is 21.4 Å². The van der Waals surface area contributed by atoms with Gasteiger partial charge in [-0.15, -0.1) is 0 Å². The third-order valence-corrected chi connectivity index (χ3v) is 3.92. The van der Waals surface area contributed by atoms with Gasteiger partial charge in [-0.3, -0.25) is 4.72 Å². The molecular weight excluding hydrogens is 271 g/mol. The van der Waals surface area contributed by atoms with Crippen molar-refractivity contribution in [2.24, 2.45) is 0 Å². The number of anilines is 2. The second kappa shape index (κ2) is 4.81. The standard InChI is InChI=1S/C11H11FN4O2S/c1-7-2-9(12)10(13)3-11(7)19(17,18)16-8-4-14-6-15-5-8/h2-6,16H,13H2,1H3. The minimum Gasteiger partial charge on any atom is -0.396 e. The molecule has 0 aliphatic carbocycles. The molecule has 1 heterocycles. The zero-order valence-electron chi connectivity index (χ0n) is 9.96. The minimum absolute atomic E-state index is 0.0877. The number of benzene rings is 1. The topological polar surface area (TPSA) is 98.0 Å². The number of rotatable bonds is 3. The summed E-state index contributed by atoms with van der Waals surface area (Å²) in [5.41, 5.74) is 5.63. The first kappa shape index (κ1) is 13.2. The summed E-state index contributed by atoms with van der Waals surface area (Å²) < 4.78 is 39.8. The summed E-state index contributed by atoms with van der Waals surface area (Å²) in [5, 5.41) is 0. The number of nitrogens with one attached hydrogen (secondary N) is 1. The summed E-state index contributed by atoms with van der Waals surface area (Å²) in [6.07, 6.45) is 3.90. The van der Waals surface area contributed by atoms with E-state index in [2.05, 4.69) is 14.7 Å². The Balaban J connectivity index is 2.43. The SMILES string of the molecule is Cc1cc(F)c(N)cc1S(=O)(=O)Nc1cncnc1. The van der Waals surface area contributed by atoms with Crippen molar-refractivity contribution in [1.29, 1.82) is 0 Å². The highest BCUT2D eigenvalue weighted by molar-refractivity contribution is 7.92. The van der Waals surface area contributed by atoms with Gasteiger partial charge in [0.15, 0.2) is 0 Å². The second-order valence-corrected chi connectivity index (χ2v) is 5.52. The van der Waals surface area contributed by atoms with Gasteiger partial charge in [-0.1, -0.05) is 0 Å². The summed E-state index contributed by atoms with van der Waals surface area (Å²) in [5.74, 6) is -0.653. The summed E-state index contributed by atoms with van der Waals surface area (Å²) in [4.78, 5) is 7.30. The van der Waals surface area contributed by atoms with Crippen molar-refractivity contribution in [2.45, 2.75) is 11.8 Å². The zero-order chi connectivity index (χ0) is 14.0. The van der Waals surface area contributed by atoms with Crippen LogP contribution in [0.4, 0.5) is 15.8 Å². The van der Waals surface area contributed by atoms with E-state index in [-0.39, 0.29) is 21.8 Å². The molecule has 0 aliphatic rings. The van der Waals surface area contributed by atoms with E-state index in [1.54, 1.807) is 0 Å². The van der Waals surface area contributed by atoms with E-state index >= 15 is 0 Å². The molecule has 100 valence electrons. The molecule has 0 atom stereocenters. The maximum atomic E-state index is 13.2. The molecule has 2 aromatic rings. The predicted molar refractivity (Wildman–Crippen MR) is 68.4 cm³/mol. The fourth-order valence-corrected chi connectivity index (χ4v) is 2.81. The molecule has 0 amide bonds. The number of hydrogen-bond donors (Lipinski definition) is 2. The largest absolute Gasteiger partial charge is 0.396 e. The molecule has 8 heteroatoms. The number of hydrogen-bond acceptors (Lipinski definition) is 5. The maximum Gasteiger partial charge on any atom is 0.262 e. The highest BCUT2D eigenvalue weighted by Gasteiger charge is 2.19. The molecule has 0 bridgehead atoms. The highest BCUT2D eigenvalue weighted by atomic mass is 32.2. The summed E-state index contributed by atoms with van der Waals surface area (Å²) >= 11 is 0. The van der Waals surface area contributed by atoms with Gasteiger partial charge in [0.25, 0.3) is 10.0 Å². The minimum atomic E-state index is -3.86. The van der Waals surface area contributed by atoms with Crippen LogP contribution in [0.5, 0.6) is 0 Å². The second-order valence-electron chi connectivity index (χ2n) is 3.87. The first-order valence-corrected chi connectivity index (χ1v) is 6.72. The Morgan fingerprint density at radius 3 is 2.53 bits per heavy atom. The number of nitrogens with zero attached hydrogens (tertiary/aromatic N) is 2.